The summed E-state index contributed by atoms with van der Waals surface area (Å²) < 4.78 is 12.4. The molecule has 1 saturated heterocycles. The summed E-state index contributed by atoms with van der Waals surface area (Å²) in [5.74, 6) is 1.57. The second kappa shape index (κ2) is 6.03. The van der Waals surface area contributed by atoms with Crippen LogP contribution in [0.2, 0.25) is 0 Å². The molecule has 5 heterocycles. The molecule has 0 aliphatic carbocycles. The third-order valence-electron chi connectivity index (χ3n) is 6.05. The summed E-state index contributed by atoms with van der Waals surface area (Å²) >= 11 is 0. The Kier molecular flexibility index (Phi) is 3.76. The smallest absolute Gasteiger partial charge is 0.220 e. The van der Waals surface area contributed by atoms with E-state index >= 15 is 0 Å². The van der Waals surface area contributed by atoms with E-state index in [1.807, 2.05) is 20.0 Å². The van der Waals surface area contributed by atoms with Gasteiger partial charge in [-0.3, -0.25) is 10.00 Å². The quantitative estimate of drug-likeness (QED) is 0.883. The molecule has 3 aliphatic heterocycles. The Labute approximate surface area is 153 Å². The fraction of sp³-hybridized carbons (Fsp3) is 0.632. The molecule has 2 aromatic rings. The van der Waals surface area contributed by atoms with Gasteiger partial charge in [0, 0.05) is 37.3 Å². The minimum Gasteiger partial charge on any atom is -0.472 e. The Morgan fingerprint density at radius 3 is 2.96 bits per heavy atom. The van der Waals surface area contributed by atoms with E-state index in [1.165, 1.54) is 16.8 Å². The first-order valence-corrected chi connectivity index (χ1v) is 9.53. The Morgan fingerprint density at radius 2 is 2.12 bits per heavy atom. The zero-order valence-electron chi connectivity index (χ0n) is 15.4. The van der Waals surface area contributed by atoms with Crippen molar-refractivity contribution in [2.75, 3.05) is 26.2 Å². The van der Waals surface area contributed by atoms with Crippen LogP contribution >= 0.6 is 0 Å². The molecular weight excluding hydrogens is 330 g/mol. The fourth-order valence-electron chi connectivity index (χ4n) is 4.67. The summed E-state index contributed by atoms with van der Waals surface area (Å²) in [4.78, 5) is 11.4. The fourth-order valence-corrected chi connectivity index (χ4v) is 4.67. The van der Waals surface area contributed by atoms with Crippen LogP contribution in [0, 0.1) is 13.8 Å². The molecule has 0 bridgehead atoms. The second-order valence-corrected chi connectivity index (χ2v) is 7.75. The van der Waals surface area contributed by atoms with Gasteiger partial charge in [0.05, 0.1) is 18.5 Å². The molecule has 1 atom stereocenters. The number of ether oxygens (including phenoxy) is 2. The number of rotatable bonds is 2. The third-order valence-corrected chi connectivity index (χ3v) is 6.05. The number of likely N-dealkylation sites (tertiary alicyclic amines) is 1. The van der Waals surface area contributed by atoms with Crippen LogP contribution in [-0.2, 0) is 23.2 Å². The Hall–Kier alpha value is -1.99. The summed E-state index contributed by atoms with van der Waals surface area (Å²) in [6, 6.07) is 0. The molecule has 7 heteroatoms. The van der Waals surface area contributed by atoms with E-state index in [0.29, 0.717) is 0 Å². The molecule has 5 rings (SSSR count). The molecule has 138 valence electrons. The van der Waals surface area contributed by atoms with Crippen LogP contribution < -0.4 is 4.74 Å². The highest BCUT2D eigenvalue weighted by atomic mass is 16.5. The topological polar surface area (TPSA) is 76.2 Å². The van der Waals surface area contributed by atoms with E-state index in [-0.39, 0.29) is 11.7 Å². The molecule has 1 fully saturated rings. The molecule has 0 saturated carbocycles. The van der Waals surface area contributed by atoms with Crippen molar-refractivity contribution < 1.29 is 9.47 Å². The lowest BCUT2D eigenvalue weighted by Crippen LogP contribution is -2.48. The number of fused-ring (bicyclic) bond motifs is 3. The van der Waals surface area contributed by atoms with Crippen molar-refractivity contribution in [2.45, 2.75) is 51.2 Å². The van der Waals surface area contributed by atoms with Crippen molar-refractivity contribution >= 4 is 0 Å². The maximum atomic E-state index is 6.24. The number of piperidine rings is 1. The highest BCUT2D eigenvalue weighted by Crippen LogP contribution is 2.40. The Morgan fingerprint density at radius 1 is 1.27 bits per heavy atom. The van der Waals surface area contributed by atoms with Gasteiger partial charge in [0.15, 0.2) is 0 Å². The number of hydrogen-bond acceptors (Lipinski definition) is 6. The van der Waals surface area contributed by atoms with Crippen LogP contribution in [0.15, 0.2) is 6.20 Å². The first kappa shape index (κ1) is 16.2. The van der Waals surface area contributed by atoms with Crippen LogP contribution in [0.4, 0.5) is 0 Å². The van der Waals surface area contributed by atoms with E-state index in [0.717, 1.165) is 69.3 Å². The lowest BCUT2D eigenvalue weighted by Gasteiger charge is -2.43. The van der Waals surface area contributed by atoms with Crippen molar-refractivity contribution in [3.05, 3.63) is 34.5 Å². The minimum atomic E-state index is -0.167. The summed E-state index contributed by atoms with van der Waals surface area (Å²) in [6.45, 7) is 7.72. The van der Waals surface area contributed by atoms with Gasteiger partial charge >= 0.3 is 0 Å². The average Bonchev–Trinajstić information content (AvgIpc) is 3.25. The molecule has 3 aliphatic rings. The number of nitrogens with zero attached hydrogens (tertiary/aromatic N) is 4. The van der Waals surface area contributed by atoms with Crippen molar-refractivity contribution in [1.82, 2.24) is 25.1 Å². The molecule has 0 radical (unpaired) electrons. The predicted molar refractivity (Wildman–Crippen MR) is 95.2 cm³/mol. The number of H-pyrrole nitrogens is 1. The van der Waals surface area contributed by atoms with Crippen molar-refractivity contribution in [3.8, 4) is 5.88 Å². The van der Waals surface area contributed by atoms with Gasteiger partial charge in [-0.2, -0.15) is 10.1 Å². The van der Waals surface area contributed by atoms with E-state index in [9.17, 15) is 0 Å². The third kappa shape index (κ3) is 2.61. The SMILES string of the molecule is Cc1nc(C)c2c(n1)OC(CN1CCC3(CC1)OCCc1cn[nH]c13)C2. The monoisotopic (exact) mass is 355 g/mol. The molecule has 1 N–H and O–H groups in total. The van der Waals surface area contributed by atoms with Gasteiger partial charge in [-0.1, -0.05) is 0 Å². The van der Waals surface area contributed by atoms with Gasteiger partial charge in [0.25, 0.3) is 0 Å². The number of nitrogens with one attached hydrogen (secondary N) is 1. The van der Waals surface area contributed by atoms with Crippen LogP contribution in [0.25, 0.3) is 0 Å². The molecule has 2 aromatic heterocycles. The van der Waals surface area contributed by atoms with Crippen LogP contribution in [0.5, 0.6) is 5.88 Å². The normalized spacial score (nSPS) is 24.3. The van der Waals surface area contributed by atoms with Crippen LogP contribution in [-0.4, -0.2) is 57.4 Å². The number of hydrogen-bond donors (Lipinski definition) is 1. The van der Waals surface area contributed by atoms with Gasteiger partial charge < -0.3 is 9.47 Å². The maximum absolute atomic E-state index is 6.24. The highest BCUT2D eigenvalue weighted by molar-refractivity contribution is 5.34. The molecule has 7 nitrogen and oxygen atoms in total. The Bertz CT molecular complexity index is 825. The van der Waals surface area contributed by atoms with Crippen LogP contribution in [0.1, 0.15) is 41.2 Å². The molecule has 0 aromatic carbocycles. The summed E-state index contributed by atoms with van der Waals surface area (Å²) in [7, 11) is 0. The second-order valence-electron chi connectivity index (χ2n) is 7.75. The lowest BCUT2D eigenvalue weighted by molar-refractivity contribution is -0.103. The maximum Gasteiger partial charge on any atom is 0.220 e. The Balaban J connectivity index is 1.24. The van der Waals surface area contributed by atoms with Crippen LogP contribution in [0.3, 0.4) is 0 Å². The number of aryl methyl sites for hydroxylation is 2. The molecular formula is C19H25N5O2. The standard InChI is InChI=1S/C19H25N5O2/c1-12-16-9-15(26-18(16)22-13(2)21-12)11-24-6-4-19(5-7-24)17-14(3-8-25-19)10-20-23-17/h10,15H,3-9,11H2,1-2H3,(H,20,23). The van der Waals surface area contributed by atoms with Gasteiger partial charge in [-0.15, -0.1) is 0 Å². The van der Waals surface area contributed by atoms with Gasteiger partial charge in [0.2, 0.25) is 5.88 Å². The molecule has 26 heavy (non-hydrogen) atoms. The van der Waals surface area contributed by atoms with Gasteiger partial charge in [-0.05, 0) is 38.7 Å². The predicted octanol–water partition coefficient (Wildman–Crippen LogP) is 1.68. The number of aromatic amines is 1. The highest BCUT2D eigenvalue weighted by Gasteiger charge is 2.42. The van der Waals surface area contributed by atoms with Gasteiger partial charge in [-0.25, -0.2) is 4.98 Å². The van der Waals surface area contributed by atoms with E-state index < -0.39 is 0 Å². The zero-order valence-corrected chi connectivity index (χ0v) is 15.4. The average molecular weight is 355 g/mol. The largest absolute Gasteiger partial charge is 0.472 e. The van der Waals surface area contributed by atoms with Crippen molar-refractivity contribution in [1.29, 1.82) is 0 Å². The van der Waals surface area contributed by atoms with E-state index in [2.05, 4.69) is 25.1 Å². The first-order chi connectivity index (χ1) is 12.6. The first-order valence-electron chi connectivity index (χ1n) is 9.53. The number of aromatic nitrogens is 4. The van der Waals surface area contributed by atoms with Crippen molar-refractivity contribution in [2.24, 2.45) is 0 Å². The van der Waals surface area contributed by atoms with Crippen molar-refractivity contribution in [3.63, 3.8) is 0 Å². The molecule has 1 spiro atoms. The molecule has 0 amide bonds. The summed E-state index contributed by atoms with van der Waals surface area (Å²) in [5, 5.41) is 7.44. The summed E-state index contributed by atoms with van der Waals surface area (Å²) in [6.07, 6.45) is 6.00. The summed E-state index contributed by atoms with van der Waals surface area (Å²) in [5.41, 5.74) is 4.58. The van der Waals surface area contributed by atoms with E-state index in [1.54, 1.807) is 0 Å². The minimum absolute atomic E-state index is 0.167. The lowest BCUT2D eigenvalue weighted by atomic mass is 9.83. The van der Waals surface area contributed by atoms with E-state index in [4.69, 9.17) is 9.47 Å². The zero-order chi connectivity index (χ0) is 17.7. The molecule has 1 unspecified atom stereocenters. The van der Waals surface area contributed by atoms with Gasteiger partial charge in [0.1, 0.15) is 17.5 Å².